The molecule has 1 aromatic carbocycles. The lowest BCUT2D eigenvalue weighted by atomic mass is 9.88. The van der Waals surface area contributed by atoms with Gasteiger partial charge in [0, 0.05) is 23.1 Å². The van der Waals surface area contributed by atoms with Gasteiger partial charge in [0.1, 0.15) is 11.7 Å². The molecule has 9 heteroatoms. The highest BCUT2D eigenvalue weighted by Crippen LogP contribution is 2.51. The van der Waals surface area contributed by atoms with Crippen molar-refractivity contribution in [2.45, 2.75) is 58.5 Å². The van der Waals surface area contributed by atoms with Gasteiger partial charge in [0.25, 0.3) is 5.91 Å². The Morgan fingerprint density at radius 3 is 2.33 bits per heavy atom. The molecule has 9 nitrogen and oxygen atoms in total. The summed E-state index contributed by atoms with van der Waals surface area (Å²) in [5.74, 6) is 0.502. The lowest BCUT2D eigenvalue weighted by Gasteiger charge is -2.28. The Labute approximate surface area is 210 Å². The fourth-order valence-electron chi connectivity index (χ4n) is 5.28. The van der Waals surface area contributed by atoms with Gasteiger partial charge in [-0.1, -0.05) is 12.1 Å². The average molecular weight is 491 g/mol. The zero-order valence-electron chi connectivity index (χ0n) is 21.0. The highest BCUT2D eigenvalue weighted by molar-refractivity contribution is 6.01. The maximum atomic E-state index is 13.6. The molecule has 3 aromatic rings. The predicted molar refractivity (Wildman–Crippen MR) is 136 cm³/mol. The van der Waals surface area contributed by atoms with E-state index in [-0.39, 0.29) is 30.4 Å². The van der Waals surface area contributed by atoms with Crippen LogP contribution in [-0.2, 0) is 4.79 Å². The molecule has 2 aliphatic rings. The van der Waals surface area contributed by atoms with E-state index in [1.165, 1.54) is 4.68 Å². The second-order valence-corrected chi connectivity index (χ2v) is 10.3. The zero-order valence-corrected chi connectivity index (χ0v) is 21.0. The highest BCUT2D eigenvalue weighted by Gasteiger charge is 2.48. The van der Waals surface area contributed by atoms with Crippen molar-refractivity contribution in [2.24, 2.45) is 17.8 Å². The minimum absolute atomic E-state index is 0.121. The summed E-state index contributed by atoms with van der Waals surface area (Å²) in [5.41, 5.74) is 5.05. The highest BCUT2D eigenvalue weighted by atomic mass is 16.3. The minimum Gasteiger partial charge on any atom is -0.394 e. The van der Waals surface area contributed by atoms with Crippen molar-refractivity contribution in [1.82, 2.24) is 25.3 Å². The molecule has 2 aliphatic carbocycles. The van der Waals surface area contributed by atoms with Crippen LogP contribution < -0.4 is 10.6 Å². The summed E-state index contributed by atoms with van der Waals surface area (Å²) in [5, 5.41) is 27.1. The summed E-state index contributed by atoms with van der Waals surface area (Å²) in [6, 6.07) is 8.38. The number of anilines is 1. The topological polar surface area (TPSA) is 125 Å². The van der Waals surface area contributed by atoms with Crippen LogP contribution in [0.4, 0.5) is 5.69 Å². The van der Waals surface area contributed by atoms with Crippen LogP contribution in [-0.4, -0.2) is 49.5 Å². The fourth-order valence-corrected chi connectivity index (χ4v) is 5.28. The molecule has 2 saturated carbocycles. The largest absolute Gasteiger partial charge is 0.394 e. The molecule has 2 fully saturated rings. The third kappa shape index (κ3) is 4.93. The standard InChI is InChI=1S/C27H34N6O3/c1-15(14-34)33-22(12-13-28-33)26(35)30-25(24(19-4-5-19)20-6-7-20)27(36)29-21-10-8-18(9-11-21)23-16(2)31-32-17(23)3/h8-13,15,19-20,24-25,34H,4-7,14H2,1-3H3,(H,29,36)(H,30,35)(H,31,32)/t15?,25-/m0/s1. The Hall–Kier alpha value is -3.46. The first-order valence-corrected chi connectivity index (χ1v) is 12.8. The van der Waals surface area contributed by atoms with Gasteiger partial charge in [-0.3, -0.25) is 19.4 Å². The van der Waals surface area contributed by atoms with Crippen LogP contribution in [0.1, 0.15) is 60.5 Å². The molecular weight excluding hydrogens is 456 g/mol. The Bertz CT molecular complexity index is 1210. The number of rotatable bonds is 10. The smallest absolute Gasteiger partial charge is 0.270 e. The summed E-state index contributed by atoms with van der Waals surface area (Å²) < 4.78 is 1.51. The summed E-state index contributed by atoms with van der Waals surface area (Å²) in [6.07, 6.45) is 5.92. The summed E-state index contributed by atoms with van der Waals surface area (Å²) >= 11 is 0. The van der Waals surface area contributed by atoms with Crippen LogP contribution in [0.5, 0.6) is 0 Å². The molecule has 5 rings (SSSR count). The molecule has 0 radical (unpaired) electrons. The van der Waals surface area contributed by atoms with Crippen molar-refractivity contribution in [3.05, 3.63) is 53.6 Å². The molecule has 2 heterocycles. The van der Waals surface area contributed by atoms with E-state index in [0.717, 1.165) is 48.2 Å². The Morgan fingerprint density at radius 2 is 1.78 bits per heavy atom. The Balaban J connectivity index is 1.36. The number of nitrogens with one attached hydrogen (secondary N) is 3. The SMILES string of the molecule is Cc1n[nH]c(C)c1-c1ccc(NC(=O)[C@@H](NC(=O)c2ccnn2C(C)CO)C(C2CC2)C2CC2)cc1. The number of hydrogen-bond donors (Lipinski definition) is 4. The summed E-state index contributed by atoms with van der Waals surface area (Å²) in [7, 11) is 0. The van der Waals surface area contributed by atoms with Crippen LogP contribution in [0.2, 0.25) is 0 Å². The van der Waals surface area contributed by atoms with Gasteiger partial charge < -0.3 is 15.7 Å². The van der Waals surface area contributed by atoms with Gasteiger partial charge in [-0.2, -0.15) is 10.2 Å². The number of hydrogen-bond acceptors (Lipinski definition) is 5. The molecule has 0 aliphatic heterocycles. The predicted octanol–water partition coefficient (Wildman–Crippen LogP) is 3.62. The first-order valence-electron chi connectivity index (χ1n) is 12.8. The van der Waals surface area contributed by atoms with E-state index < -0.39 is 6.04 Å². The number of nitrogens with zero attached hydrogens (tertiary/aromatic N) is 3. The number of H-pyrrole nitrogens is 1. The van der Waals surface area contributed by atoms with Gasteiger partial charge in [-0.15, -0.1) is 0 Å². The molecular formula is C27H34N6O3. The Morgan fingerprint density at radius 1 is 1.11 bits per heavy atom. The van der Waals surface area contributed by atoms with E-state index in [4.69, 9.17) is 0 Å². The molecule has 1 unspecified atom stereocenters. The number of aliphatic hydroxyl groups excluding tert-OH is 1. The van der Waals surface area contributed by atoms with Crippen molar-refractivity contribution >= 4 is 17.5 Å². The van der Waals surface area contributed by atoms with E-state index in [0.29, 0.717) is 23.2 Å². The van der Waals surface area contributed by atoms with E-state index >= 15 is 0 Å². The van der Waals surface area contributed by atoms with Crippen molar-refractivity contribution in [3.8, 4) is 11.1 Å². The number of amides is 2. The van der Waals surface area contributed by atoms with Gasteiger partial charge in [-0.05, 0) is 88.0 Å². The zero-order chi connectivity index (χ0) is 25.4. The number of carbonyl (C=O) groups excluding carboxylic acids is 2. The lowest BCUT2D eigenvalue weighted by Crippen LogP contribution is -2.50. The normalized spacial score (nSPS) is 17.1. The van der Waals surface area contributed by atoms with Crippen molar-refractivity contribution < 1.29 is 14.7 Å². The van der Waals surface area contributed by atoms with E-state index in [1.807, 2.05) is 38.1 Å². The average Bonchev–Trinajstić information content (AvgIpc) is 3.81. The molecule has 0 spiro atoms. The fraction of sp³-hybridized carbons (Fsp3) is 0.481. The molecule has 4 N–H and O–H groups in total. The van der Waals surface area contributed by atoms with Crippen LogP contribution in [0.25, 0.3) is 11.1 Å². The van der Waals surface area contributed by atoms with Crippen LogP contribution in [0.3, 0.4) is 0 Å². The van der Waals surface area contributed by atoms with Gasteiger partial charge in [0.2, 0.25) is 5.91 Å². The first-order chi connectivity index (χ1) is 17.4. The third-order valence-electron chi connectivity index (χ3n) is 7.44. The third-order valence-corrected chi connectivity index (χ3v) is 7.44. The van der Waals surface area contributed by atoms with Gasteiger partial charge in [-0.25, -0.2) is 0 Å². The lowest BCUT2D eigenvalue weighted by molar-refractivity contribution is -0.119. The second kappa shape index (κ2) is 9.89. The second-order valence-electron chi connectivity index (χ2n) is 10.3. The number of aliphatic hydroxyl groups is 1. The van der Waals surface area contributed by atoms with Crippen LogP contribution in [0.15, 0.2) is 36.5 Å². The molecule has 2 aromatic heterocycles. The van der Waals surface area contributed by atoms with Gasteiger partial charge in [0.15, 0.2) is 0 Å². The van der Waals surface area contributed by atoms with Crippen molar-refractivity contribution in [1.29, 1.82) is 0 Å². The molecule has 2 atom stereocenters. The number of aromatic nitrogens is 4. The molecule has 190 valence electrons. The molecule has 2 amide bonds. The molecule has 36 heavy (non-hydrogen) atoms. The number of carbonyl (C=O) groups is 2. The quantitative estimate of drug-likeness (QED) is 0.345. The minimum atomic E-state index is -0.636. The summed E-state index contributed by atoms with van der Waals surface area (Å²) in [4.78, 5) is 26.9. The number of aryl methyl sites for hydroxylation is 2. The number of benzene rings is 1. The van der Waals surface area contributed by atoms with E-state index in [1.54, 1.807) is 19.2 Å². The maximum absolute atomic E-state index is 13.6. The van der Waals surface area contributed by atoms with E-state index in [2.05, 4.69) is 25.9 Å². The van der Waals surface area contributed by atoms with Crippen molar-refractivity contribution in [2.75, 3.05) is 11.9 Å². The monoisotopic (exact) mass is 490 g/mol. The van der Waals surface area contributed by atoms with Crippen LogP contribution in [0, 0.1) is 31.6 Å². The Kier molecular flexibility index (Phi) is 6.66. The number of aromatic amines is 1. The maximum Gasteiger partial charge on any atom is 0.270 e. The first kappa shape index (κ1) is 24.2. The van der Waals surface area contributed by atoms with Gasteiger partial charge >= 0.3 is 0 Å². The van der Waals surface area contributed by atoms with Gasteiger partial charge in [0.05, 0.1) is 18.3 Å². The molecule has 0 bridgehead atoms. The van der Waals surface area contributed by atoms with E-state index in [9.17, 15) is 14.7 Å². The summed E-state index contributed by atoms with van der Waals surface area (Å²) in [6.45, 7) is 5.61. The van der Waals surface area contributed by atoms with Crippen molar-refractivity contribution in [3.63, 3.8) is 0 Å². The molecule has 0 saturated heterocycles. The van der Waals surface area contributed by atoms with Crippen LogP contribution >= 0.6 is 0 Å².